The van der Waals surface area contributed by atoms with E-state index in [0.29, 0.717) is 19.4 Å². The molecule has 17 heavy (non-hydrogen) atoms. The lowest BCUT2D eigenvalue weighted by Crippen LogP contribution is -2.47. The van der Waals surface area contributed by atoms with Crippen molar-refractivity contribution in [1.82, 2.24) is 4.90 Å². The smallest absolute Gasteiger partial charge is 0.257 e. The summed E-state index contributed by atoms with van der Waals surface area (Å²) in [4.78, 5) is 1.82. The lowest BCUT2D eigenvalue weighted by molar-refractivity contribution is -0.134. The number of methoxy groups -OCH3 is 1. The molecule has 1 unspecified atom stereocenters. The first-order chi connectivity index (χ1) is 7.85. The van der Waals surface area contributed by atoms with Crippen LogP contribution in [0.2, 0.25) is 0 Å². The largest absolute Gasteiger partial charge is 0.384 e. The van der Waals surface area contributed by atoms with Gasteiger partial charge in [-0.05, 0) is 26.9 Å². The van der Waals surface area contributed by atoms with Crippen LogP contribution in [-0.2, 0) is 4.74 Å². The summed E-state index contributed by atoms with van der Waals surface area (Å²) in [5.41, 5.74) is -0.967. The first-order valence-corrected chi connectivity index (χ1v) is 6.36. The van der Waals surface area contributed by atoms with Gasteiger partial charge in [-0.2, -0.15) is 0 Å². The van der Waals surface area contributed by atoms with E-state index in [-0.39, 0.29) is 13.0 Å². The van der Waals surface area contributed by atoms with E-state index in [1.807, 2.05) is 19.0 Å². The van der Waals surface area contributed by atoms with Gasteiger partial charge in [0.1, 0.15) is 0 Å². The Morgan fingerprint density at radius 1 is 1.18 bits per heavy atom. The third kappa shape index (κ3) is 4.51. The van der Waals surface area contributed by atoms with Gasteiger partial charge in [-0.25, -0.2) is 8.78 Å². The predicted octanol–water partition coefficient (Wildman–Crippen LogP) is 3.42. The van der Waals surface area contributed by atoms with Gasteiger partial charge in [-0.1, -0.05) is 20.3 Å². The highest BCUT2D eigenvalue weighted by atomic mass is 19.3. The van der Waals surface area contributed by atoms with Gasteiger partial charge in [0.25, 0.3) is 5.92 Å². The van der Waals surface area contributed by atoms with Crippen LogP contribution in [0.15, 0.2) is 0 Å². The molecular formula is C13H27F2NO. The molecule has 0 aromatic heterocycles. The van der Waals surface area contributed by atoms with Crippen LogP contribution in [0, 0.1) is 5.41 Å². The Kier molecular flexibility index (Phi) is 7.17. The minimum Gasteiger partial charge on any atom is -0.384 e. The maximum atomic E-state index is 13.7. The summed E-state index contributed by atoms with van der Waals surface area (Å²) < 4.78 is 32.4. The number of hydrogen-bond donors (Lipinski definition) is 0. The number of halogens is 2. The Morgan fingerprint density at radius 2 is 1.71 bits per heavy atom. The van der Waals surface area contributed by atoms with E-state index in [9.17, 15) is 8.78 Å². The van der Waals surface area contributed by atoms with E-state index in [2.05, 4.69) is 13.8 Å². The van der Waals surface area contributed by atoms with E-state index < -0.39 is 11.3 Å². The zero-order chi connectivity index (χ0) is 13.5. The topological polar surface area (TPSA) is 12.5 Å². The van der Waals surface area contributed by atoms with Crippen molar-refractivity contribution in [2.24, 2.45) is 5.41 Å². The Balaban J connectivity index is 0.000000770. The second-order valence-electron chi connectivity index (χ2n) is 5.22. The molecule has 0 bridgehead atoms. The van der Waals surface area contributed by atoms with Crippen LogP contribution in [0.5, 0.6) is 0 Å². The van der Waals surface area contributed by atoms with Gasteiger partial charge < -0.3 is 9.64 Å². The molecule has 1 fully saturated rings. The molecule has 0 aromatic rings. The van der Waals surface area contributed by atoms with Crippen LogP contribution in [0.25, 0.3) is 0 Å². The highest BCUT2D eigenvalue weighted by Crippen LogP contribution is 2.50. The first kappa shape index (κ1) is 16.8. The fourth-order valence-electron chi connectivity index (χ4n) is 2.40. The van der Waals surface area contributed by atoms with Crippen LogP contribution >= 0.6 is 0 Å². The van der Waals surface area contributed by atoms with Crippen molar-refractivity contribution in [2.45, 2.75) is 45.5 Å². The summed E-state index contributed by atoms with van der Waals surface area (Å²) in [6.45, 7) is 4.80. The summed E-state index contributed by atoms with van der Waals surface area (Å²) in [6.07, 6.45) is 2.42. The van der Waals surface area contributed by atoms with E-state index in [4.69, 9.17) is 4.74 Å². The molecule has 0 heterocycles. The van der Waals surface area contributed by atoms with Gasteiger partial charge >= 0.3 is 0 Å². The van der Waals surface area contributed by atoms with E-state index in [1.165, 1.54) is 13.5 Å². The molecule has 2 nitrogen and oxygen atoms in total. The summed E-state index contributed by atoms with van der Waals surface area (Å²) in [6, 6.07) is 0. The van der Waals surface area contributed by atoms with Crippen molar-refractivity contribution in [1.29, 1.82) is 0 Å². The minimum absolute atomic E-state index is 0.00417. The SMILES string of the molecule is CCC.COCC1(CN(C)C)CCCC1(F)F. The van der Waals surface area contributed by atoms with Gasteiger partial charge in [0.15, 0.2) is 0 Å². The van der Waals surface area contributed by atoms with Crippen molar-refractivity contribution in [3.8, 4) is 0 Å². The standard InChI is InChI=1S/C10H19F2NO.C3H8/c1-13(2)7-9(8-14-3)5-4-6-10(9,11)12;1-3-2/h4-8H2,1-3H3;3H2,1-2H3. The number of nitrogens with zero attached hydrogens (tertiary/aromatic N) is 1. The molecule has 0 spiro atoms. The maximum Gasteiger partial charge on any atom is 0.257 e. The third-order valence-electron chi connectivity index (χ3n) is 2.96. The van der Waals surface area contributed by atoms with Crippen molar-refractivity contribution in [2.75, 3.05) is 34.4 Å². The van der Waals surface area contributed by atoms with E-state index in [1.54, 1.807) is 0 Å². The van der Waals surface area contributed by atoms with Gasteiger partial charge in [0.05, 0.1) is 12.0 Å². The van der Waals surface area contributed by atoms with Crippen molar-refractivity contribution in [3.63, 3.8) is 0 Å². The van der Waals surface area contributed by atoms with Gasteiger partial charge in [-0.3, -0.25) is 0 Å². The lowest BCUT2D eigenvalue weighted by Gasteiger charge is -2.36. The average Bonchev–Trinajstić information content (AvgIpc) is 2.43. The van der Waals surface area contributed by atoms with Gasteiger partial charge in [0.2, 0.25) is 0 Å². The van der Waals surface area contributed by atoms with E-state index >= 15 is 0 Å². The zero-order valence-corrected chi connectivity index (χ0v) is 11.9. The predicted molar refractivity (Wildman–Crippen MR) is 67.6 cm³/mol. The first-order valence-electron chi connectivity index (χ1n) is 6.36. The molecule has 4 heteroatoms. The molecule has 0 saturated heterocycles. The third-order valence-corrected chi connectivity index (χ3v) is 2.96. The summed E-state index contributed by atoms with van der Waals surface area (Å²) in [5, 5.41) is 0. The number of hydrogen-bond acceptors (Lipinski definition) is 2. The molecule has 0 aromatic carbocycles. The Bertz CT molecular complexity index is 210. The number of rotatable bonds is 4. The molecule has 0 radical (unpaired) electrons. The highest BCUT2D eigenvalue weighted by molar-refractivity contribution is 4.99. The van der Waals surface area contributed by atoms with Crippen LogP contribution in [0.4, 0.5) is 8.78 Å². The quantitative estimate of drug-likeness (QED) is 0.759. The second-order valence-corrected chi connectivity index (χ2v) is 5.22. The minimum atomic E-state index is -2.58. The molecule has 1 aliphatic carbocycles. The van der Waals surface area contributed by atoms with Crippen molar-refractivity contribution in [3.05, 3.63) is 0 Å². The molecule has 1 atom stereocenters. The van der Waals surface area contributed by atoms with Gasteiger partial charge in [0, 0.05) is 20.1 Å². The van der Waals surface area contributed by atoms with Crippen LogP contribution in [0.1, 0.15) is 39.5 Å². The molecule has 0 amide bonds. The van der Waals surface area contributed by atoms with Crippen LogP contribution in [-0.4, -0.2) is 45.2 Å². The molecule has 0 N–H and O–H groups in total. The summed E-state index contributed by atoms with van der Waals surface area (Å²) >= 11 is 0. The number of ether oxygens (including phenoxy) is 1. The average molecular weight is 251 g/mol. The molecule has 104 valence electrons. The second kappa shape index (κ2) is 7.27. The van der Waals surface area contributed by atoms with Crippen LogP contribution < -0.4 is 0 Å². The molecular weight excluding hydrogens is 224 g/mol. The Morgan fingerprint density at radius 3 is 2.00 bits per heavy atom. The zero-order valence-electron chi connectivity index (χ0n) is 11.9. The van der Waals surface area contributed by atoms with Crippen LogP contribution in [0.3, 0.4) is 0 Å². The Hall–Kier alpha value is -0.220. The molecule has 1 rings (SSSR count). The summed E-state index contributed by atoms with van der Waals surface area (Å²) in [5.74, 6) is -2.58. The van der Waals surface area contributed by atoms with E-state index in [0.717, 1.165) is 0 Å². The van der Waals surface area contributed by atoms with Crippen molar-refractivity contribution >= 4 is 0 Å². The number of alkyl halides is 2. The molecule has 0 aliphatic heterocycles. The monoisotopic (exact) mass is 251 g/mol. The fraction of sp³-hybridized carbons (Fsp3) is 1.00. The maximum absolute atomic E-state index is 13.7. The fourth-order valence-corrected chi connectivity index (χ4v) is 2.40. The van der Waals surface area contributed by atoms with Gasteiger partial charge in [-0.15, -0.1) is 0 Å². The molecule has 1 aliphatic rings. The molecule has 1 saturated carbocycles. The lowest BCUT2D eigenvalue weighted by atomic mass is 9.83. The van der Waals surface area contributed by atoms with Crippen molar-refractivity contribution < 1.29 is 13.5 Å². The Labute approximate surface area is 104 Å². The highest BCUT2D eigenvalue weighted by Gasteiger charge is 2.56. The normalized spacial score (nSPS) is 26.8. The summed E-state index contributed by atoms with van der Waals surface area (Å²) in [7, 11) is 5.14.